The van der Waals surface area contributed by atoms with Crippen LogP contribution in [0.2, 0.25) is 0 Å². The number of hydrogen-bond donors (Lipinski definition) is 1. The lowest BCUT2D eigenvalue weighted by molar-refractivity contribution is -0.116. The van der Waals surface area contributed by atoms with Crippen LogP contribution in [0.1, 0.15) is 11.1 Å². The van der Waals surface area contributed by atoms with Gasteiger partial charge in [-0.15, -0.1) is 5.10 Å². The number of amides is 1. The summed E-state index contributed by atoms with van der Waals surface area (Å²) < 4.78 is 1.49. The number of hydrogen-bond acceptors (Lipinski definition) is 6. The van der Waals surface area contributed by atoms with Gasteiger partial charge >= 0.3 is 0 Å². The van der Waals surface area contributed by atoms with Crippen LogP contribution in [0.4, 0.5) is 5.82 Å². The van der Waals surface area contributed by atoms with Crippen LogP contribution in [-0.2, 0) is 4.79 Å². The largest absolute Gasteiger partial charge is 0.270 e. The number of aryl methyl sites for hydroxylation is 2. The summed E-state index contributed by atoms with van der Waals surface area (Å²) in [5.41, 5.74) is 5.91. The molecule has 132 valence electrons. The summed E-state index contributed by atoms with van der Waals surface area (Å²) in [6.45, 7) is 4.07. The molecular weight excluding hydrogens is 330 g/mol. The van der Waals surface area contributed by atoms with Gasteiger partial charge in [-0.25, -0.2) is 14.6 Å². The van der Waals surface area contributed by atoms with Crippen molar-refractivity contribution in [1.29, 1.82) is 0 Å². The molecule has 0 fully saturated rings. The fraction of sp³-hybridized carbons (Fsp3) is 0.167. The number of anilines is 1. The highest BCUT2D eigenvalue weighted by Gasteiger charge is 2.06. The number of carbonyl (C=O) groups is 1. The van der Waals surface area contributed by atoms with Crippen LogP contribution in [0.15, 0.2) is 49.2 Å². The quantitative estimate of drug-likeness (QED) is 0.560. The summed E-state index contributed by atoms with van der Waals surface area (Å²) in [5.74, 6) is 0.826. The molecule has 0 radical (unpaired) electrons. The van der Waals surface area contributed by atoms with Gasteiger partial charge in [-0.05, 0) is 26.0 Å². The number of rotatable bonds is 5. The van der Waals surface area contributed by atoms with Crippen LogP contribution in [0, 0.1) is 13.8 Å². The lowest BCUT2D eigenvalue weighted by Gasteiger charge is -2.17. The van der Waals surface area contributed by atoms with Crippen LogP contribution in [0.25, 0.3) is 17.6 Å². The van der Waals surface area contributed by atoms with Crippen molar-refractivity contribution in [1.82, 2.24) is 30.2 Å². The average molecular weight is 349 g/mol. The third kappa shape index (κ3) is 4.29. The van der Waals surface area contributed by atoms with E-state index in [9.17, 15) is 4.79 Å². The van der Waals surface area contributed by atoms with Crippen LogP contribution in [-0.4, -0.2) is 37.7 Å². The van der Waals surface area contributed by atoms with Crippen LogP contribution in [0.5, 0.6) is 0 Å². The van der Waals surface area contributed by atoms with E-state index in [1.165, 1.54) is 15.8 Å². The lowest BCUT2D eigenvalue weighted by atomic mass is 10.1. The summed E-state index contributed by atoms with van der Waals surface area (Å²) >= 11 is 0. The van der Waals surface area contributed by atoms with E-state index in [1.807, 2.05) is 26.0 Å². The topological polar surface area (TPSA) is 88.8 Å². The summed E-state index contributed by atoms with van der Waals surface area (Å²) in [7, 11) is 1.68. The first-order valence-corrected chi connectivity index (χ1v) is 7.99. The molecule has 1 aromatic carbocycles. The summed E-state index contributed by atoms with van der Waals surface area (Å²) in [6, 6.07) is 6.15. The molecule has 0 aliphatic heterocycles. The second-order valence-corrected chi connectivity index (χ2v) is 5.84. The standard InChI is InChI=1S/C18H19N7O/c1-13-8-14(2)10-15(9-13)18-21-12-25(23-18)7-4-17(26)22-24(3)16-11-19-5-6-20-16/h4-12H,1-3H3,(H,22,26)/b7-4-. The maximum Gasteiger partial charge on any atom is 0.264 e. The highest BCUT2D eigenvalue weighted by atomic mass is 16.2. The Kier molecular flexibility index (Phi) is 5.02. The van der Waals surface area contributed by atoms with Gasteiger partial charge in [0.05, 0.1) is 6.20 Å². The van der Waals surface area contributed by atoms with Gasteiger partial charge in [0.2, 0.25) is 0 Å². The van der Waals surface area contributed by atoms with E-state index in [0.29, 0.717) is 11.6 Å². The predicted molar refractivity (Wildman–Crippen MR) is 98.8 cm³/mol. The Hall–Kier alpha value is -3.55. The second-order valence-electron chi connectivity index (χ2n) is 5.84. The molecule has 0 spiro atoms. The Labute approximate surface area is 151 Å². The van der Waals surface area contributed by atoms with Crippen molar-refractivity contribution in [2.75, 3.05) is 12.1 Å². The van der Waals surface area contributed by atoms with E-state index in [2.05, 4.69) is 31.5 Å². The van der Waals surface area contributed by atoms with Crippen molar-refractivity contribution in [2.24, 2.45) is 0 Å². The summed E-state index contributed by atoms with van der Waals surface area (Å²) in [5, 5.41) is 5.86. The highest BCUT2D eigenvalue weighted by Crippen LogP contribution is 2.18. The first-order chi connectivity index (χ1) is 12.5. The van der Waals surface area contributed by atoms with Gasteiger partial charge in [0.1, 0.15) is 6.33 Å². The van der Waals surface area contributed by atoms with Gasteiger partial charge in [-0.1, -0.05) is 17.2 Å². The Morgan fingerprint density at radius 1 is 1.15 bits per heavy atom. The fourth-order valence-corrected chi connectivity index (χ4v) is 2.45. The molecule has 8 heteroatoms. The van der Waals surface area contributed by atoms with Gasteiger partial charge in [0.15, 0.2) is 11.6 Å². The molecule has 0 saturated heterocycles. The number of hydrazine groups is 1. The van der Waals surface area contributed by atoms with E-state index in [1.54, 1.807) is 38.2 Å². The third-order valence-electron chi connectivity index (χ3n) is 3.54. The number of nitrogens with zero attached hydrogens (tertiary/aromatic N) is 6. The van der Waals surface area contributed by atoms with Crippen LogP contribution < -0.4 is 10.4 Å². The third-order valence-corrected chi connectivity index (χ3v) is 3.54. The number of benzene rings is 1. The van der Waals surface area contributed by atoms with Gasteiger partial charge in [-0.2, -0.15) is 0 Å². The maximum absolute atomic E-state index is 12.0. The van der Waals surface area contributed by atoms with E-state index in [0.717, 1.165) is 16.7 Å². The predicted octanol–water partition coefficient (Wildman–Crippen LogP) is 1.99. The van der Waals surface area contributed by atoms with E-state index >= 15 is 0 Å². The van der Waals surface area contributed by atoms with Crippen molar-refractivity contribution in [3.8, 4) is 11.4 Å². The number of nitrogens with one attached hydrogen (secondary N) is 1. The zero-order valence-electron chi connectivity index (χ0n) is 14.8. The maximum atomic E-state index is 12.0. The van der Waals surface area contributed by atoms with Gasteiger partial charge in [-0.3, -0.25) is 20.2 Å². The van der Waals surface area contributed by atoms with Crippen molar-refractivity contribution in [3.63, 3.8) is 0 Å². The highest BCUT2D eigenvalue weighted by molar-refractivity contribution is 5.90. The molecule has 2 aromatic heterocycles. The summed E-state index contributed by atoms with van der Waals surface area (Å²) in [4.78, 5) is 24.4. The Bertz CT molecular complexity index is 913. The van der Waals surface area contributed by atoms with Crippen molar-refractivity contribution < 1.29 is 4.79 Å². The Morgan fingerprint density at radius 2 is 1.92 bits per heavy atom. The fourth-order valence-electron chi connectivity index (χ4n) is 2.45. The molecule has 0 atom stereocenters. The zero-order valence-corrected chi connectivity index (χ0v) is 14.8. The molecule has 2 heterocycles. The molecule has 0 unspecified atom stereocenters. The van der Waals surface area contributed by atoms with Gasteiger partial charge in [0.25, 0.3) is 5.91 Å². The van der Waals surface area contributed by atoms with Crippen molar-refractivity contribution >= 4 is 17.9 Å². The minimum atomic E-state index is -0.318. The van der Waals surface area contributed by atoms with E-state index in [4.69, 9.17) is 0 Å². The van der Waals surface area contributed by atoms with Crippen LogP contribution >= 0.6 is 0 Å². The first kappa shape index (κ1) is 17.3. The van der Waals surface area contributed by atoms with Gasteiger partial charge in [0, 0.05) is 37.3 Å². The average Bonchev–Trinajstić information content (AvgIpc) is 3.09. The molecule has 3 aromatic rings. The Balaban J connectivity index is 1.65. The lowest BCUT2D eigenvalue weighted by Crippen LogP contribution is -2.38. The molecule has 3 rings (SSSR count). The number of aromatic nitrogens is 5. The molecule has 26 heavy (non-hydrogen) atoms. The molecule has 0 aliphatic rings. The Morgan fingerprint density at radius 3 is 2.62 bits per heavy atom. The SMILES string of the molecule is Cc1cc(C)cc(-c2ncn(/C=C\C(=O)NN(C)c3cnccn3)n2)c1. The minimum Gasteiger partial charge on any atom is -0.270 e. The zero-order chi connectivity index (χ0) is 18.5. The minimum absolute atomic E-state index is 0.318. The molecule has 1 amide bonds. The van der Waals surface area contributed by atoms with E-state index < -0.39 is 0 Å². The smallest absolute Gasteiger partial charge is 0.264 e. The molecule has 0 saturated carbocycles. The summed E-state index contributed by atoms with van der Waals surface area (Å²) in [6.07, 6.45) is 9.14. The number of carbonyl (C=O) groups excluding carboxylic acids is 1. The van der Waals surface area contributed by atoms with E-state index in [-0.39, 0.29) is 5.91 Å². The molecule has 0 bridgehead atoms. The normalized spacial score (nSPS) is 10.9. The molecule has 0 aliphatic carbocycles. The van der Waals surface area contributed by atoms with Crippen molar-refractivity contribution in [3.05, 3.63) is 60.3 Å². The van der Waals surface area contributed by atoms with Crippen LogP contribution in [0.3, 0.4) is 0 Å². The van der Waals surface area contributed by atoms with Crippen molar-refractivity contribution in [2.45, 2.75) is 13.8 Å². The monoisotopic (exact) mass is 349 g/mol. The first-order valence-electron chi connectivity index (χ1n) is 7.99. The molecular formula is C18H19N7O. The molecule has 1 N–H and O–H groups in total. The van der Waals surface area contributed by atoms with Gasteiger partial charge < -0.3 is 0 Å². The molecule has 8 nitrogen and oxygen atoms in total. The second kappa shape index (κ2) is 7.56.